The molecule has 0 bridgehead atoms. The molecule has 1 aromatic rings. The summed E-state index contributed by atoms with van der Waals surface area (Å²) in [5.41, 5.74) is 0.445. The molecule has 1 atom stereocenters. The Morgan fingerprint density at radius 1 is 1.41 bits per heavy atom. The molecule has 22 heavy (non-hydrogen) atoms. The number of carbonyl (C=O) groups is 1. The third-order valence-corrected chi connectivity index (χ3v) is 5.07. The molecule has 120 valence electrons. The van der Waals surface area contributed by atoms with Gasteiger partial charge in [0.25, 0.3) is 11.8 Å². The van der Waals surface area contributed by atoms with Gasteiger partial charge in [-0.3, -0.25) is 4.79 Å². The van der Waals surface area contributed by atoms with E-state index in [4.69, 9.17) is 4.74 Å². The maximum atomic E-state index is 13.2. The highest BCUT2D eigenvalue weighted by atomic mass is 32.2. The Hall–Kier alpha value is -1.37. The first kappa shape index (κ1) is 15.5. The first-order valence-electron chi connectivity index (χ1n) is 7.41. The second kappa shape index (κ2) is 6.40. The summed E-state index contributed by atoms with van der Waals surface area (Å²) < 4.78 is 32.1. The summed E-state index contributed by atoms with van der Waals surface area (Å²) in [4.78, 5) is 18.0. The molecular weight excluding hydrogens is 310 g/mol. The summed E-state index contributed by atoms with van der Waals surface area (Å²) in [5, 5.41) is 0. The molecule has 0 radical (unpaired) electrons. The lowest BCUT2D eigenvalue weighted by Crippen LogP contribution is -2.42. The van der Waals surface area contributed by atoms with Crippen LogP contribution in [0, 0.1) is 0 Å². The molecule has 0 N–H and O–H groups in total. The van der Waals surface area contributed by atoms with Crippen LogP contribution in [0.15, 0.2) is 18.3 Å². The highest BCUT2D eigenvalue weighted by Gasteiger charge is 2.35. The number of aromatic nitrogens is 1. The number of halogens is 2. The van der Waals surface area contributed by atoms with E-state index in [2.05, 4.69) is 4.98 Å². The van der Waals surface area contributed by atoms with Crippen molar-refractivity contribution in [3.63, 3.8) is 0 Å². The van der Waals surface area contributed by atoms with Crippen LogP contribution in [-0.2, 0) is 0 Å². The molecule has 4 nitrogen and oxygen atoms in total. The minimum absolute atomic E-state index is 0.0869. The minimum atomic E-state index is -2.65. The van der Waals surface area contributed by atoms with Crippen molar-refractivity contribution < 1.29 is 18.3 Å². The zero-order valence-electron chi connectivity index (χ0n) is 12.1. The van der Waals surface area contributed by atoms with E-state index >= 15 is 0 Å². The van der Waals surface area contributed by atoms with Crippen molar-refractivity contribution in [3.8, 4) is 5.88 Å². The number of hydrogen-bond donors (Lipinski definition) is 0. The number of thioether (sulfide) groups is 1. The molecule has 7 heteroatoms. The summed E-state index contributed by atoms with van der Waals surface area (Å²) in [6.45, 7) is 0.174. The Labute approximate surface area is 132 Å². The van der Waals surface area contributed by atoms with Crippen LogP contribution in [-0.4, -0.2) is 52.4 Å². The number of hydrogen-bond acceptors (Lipinski definition) is 4. The van der Waals surface area contributed by atoms with E-state index in [0.29, 0.717) is 11.4 Å². The van der Waals surface area contributed by atoms with E-state index in [1.54, 1.807) is 12.1 Å². The molecular formula is C15H18F2N2O2S. The fourth-order valence-corrected chi connectivity index (χ4v) is 3.70. The molecule has 3 heterocycles. The quantitative estimate of drug-likeness (QED) is 0.856. The number of nitrogens with zero attached hydrogens (tertiary/aromatic N) is 2. The minimum Gasteiger partial charge on any atom is -0.473 e. The standard InChI is InChI=1S/C15H18F2N2O2S/c16-15(17)3-6-19(7-4-15)14(20)11-1-5-18-13(9-11)21-12-2-8-22-10-12/h1,5,9,12H,2-4,6-8,10H2. The number of likely N-dealkylation sites (tertiary alicyclic amines) is 1. The lowest BCUT2D eigenvalue weighted by Gasteiger charge is -2.31. The van der Waals surface area contributed by atoms with Crippen LogP contribution >= 0.6 is 11.8 Å². The summed E-state index contributed by atoms with van der Waals surface area (Å²) in [7, 11) is 0. The van der Waals surface area contributed by atoms with E-state index in [9.17, 15) is 13.6 Å². The summed E-state index contributed by atoms with van der Waals surface area (Å²) in [6.07, 6.45) is 2.10. The summed E-state index contributed by atoms with van der Waals surface area (Å²) >= 11 is 1.84. The van der Waals surface area contributed by atoms with Crippen molar-refractivity contribution in [3.05, 3.63) is 23.9 Å². The van der Waals surface area contributed by atoms with Gasteiger partial charge in [0.1, 0.15) is 6.10 Å². The summed E-state index contributed by atoms with van der Waals surface area (Å²) in [6, 6.07) is 3.21. The van der Waals surface area contributed by atoms with E-state index < -0.39 is 5.92 Å². The van der Waals surface area contributed by atoms with Gasteiger partial charge in [-0.1, -0.05) is 0 Å². The Balaban J connectivity index is 1.65. The Morgan fingerprint density at radius 3 is 2.86 bits per heavy atom. The highest BCUT2D eigenvalue weighted by molar-refractivity contribution is 7.99. The van der Waals surface area contributed by atoms with Crippen LogP contribution in [0.3, 0.4) is 0 Å². The Bertz CT molecular complexity index is 540. The molecule has 1 unspecified atom stereocenters. The van der Waals surface area contributed by atoms with E-state index in [-0.39, 0.29) is 37.9 Å². The second-order valence-corrected chi connectivity index (χ2v) is 6.78. The van der Waals surface area contributed by atoms with Crippen molar-refractivity contribution in [1.29, 1.82) is 0 Å². The van der Waals surface area contributed by atoms with Crippen molar-refractivity contribution in [2.45, 2.75) is 31.3 Å². The molecule has 3 rings (SSSR count). The van der Waals surface area contributed by atoms with Crippen molar-refractivity contribution in [1.82, 2.24) is 9.88 Å². The van der Waals surface area contributed by atoms with Gasteiger partial charge < -0.3 is 9.64 Å². The first-order valence-corrected chi connectivity index (χ1v) is 8.56. The number of ether oxygens (including phenoxy) is 1. The van der Waals surface area contributed by atoms with Crippen molar-refractivity contribution >= 4 is 17.7 Å². The topological polar surface area (TPSA) is 42.4 Å². The zero-order chi connectivity index (χ0) is 15.6. The van der Waals surface area contributed by atoms with Gasteiger partial charge in [-0.15, -0.1) is 0 Å². The monoisotopic (exact) mass is 328 g/mol. The molecule has 0 aromatic carbocycles. The number of alkyl halides is 2. The normalized spacial score (nSPS) is 24.3. The number of pyridine rings is 1. The fourth-order valence-electron chi connectivity index (χ4n) is 2.60. The van der Waals surface area contributed by atoms with Crippen LogP contribution in [0.5, 0.6) is 5.88 Å². The predicted octanol–water partition coefficient (Wildman–Crippen LogP) is 2.84. The van der Waals surface area contributed by atoms with Gasteiger partial charge >= 0.3 is 0 Å². The maximum absolute atomic E-state index is 13.2. The molecule has 2 saturated heterocycles. The van der Waals surface area contributed by atoms with Gasteiger partial charge in [0.2, 0.25) is 5.88 Å². The van der Waals surface area contributed by atoms with Crippen LogP contribution in [0.4, 0.5) is 8.78 Å². The summed E-state index contributed by atoms with van der Waals surface area (Å²) in [5.74, 6) is -0.445. The predicted molar refractivity (Wildman–Crippen MR) is 80.7 cm³/mol. The van der Waals surface area contributed by atoms with Gasteiger partial charge in [0.05, 0.1) is 0 Å². The van der Waals surface area contributed by atoms with E-state index in [0.717, 1.165) is 17.9 Å². The molecule has 0 saturated carbocycles. The van der Waals surface area contributed by atoms with E-state index in [1.807, 2.05) is 11.8 Å². The zero-order valence-corrected chi connectivity index (χ0v) is 13.0. The largest absolute Gasteiger partial charge is 0.473 e. The fraction of sp³-hybridized carbons (Fsp3) is 0.600. The number of piperidine rings is 1. The third kappa shape index (κ3) is 3.69. The number of amides is 1. The third-order valence-electron chi connectivity index (χ3n) is 3.94. The van der Waals surface area contributed by atoms with Crippen LogP contribution in [0.1, 0.15) is 29.6 Å². The van der Waals surface area contributed by atoms with Crippen molar-refractivity contribution in [2.24, 2.45) is 0 Å². The highest BCUT2D eigenvalue weighted by Crippen LogP contribution is 2.29. The first-order chi connectivity index (χ1) is 10.5. The molecule has 1 amide bonds. The molecule has 2 aliphatic rings. The maximum Gasteiger partial charge on any atom is 0.254 e. The molecule has 0 aliphatic carbocycles. The van der Waals surface area contributed by atoms with Gasteiger partial charge in [-0.25, -0.2) is 13.8 Å². The van der Waals surface area contributed by atoms with Gasteiger partial charge in [0, 0.05) is 49.5 Å². The number of rotatable bonds is 3. The molecule has 0 spiro atoms. The second-order valence-electron chi connectivity index (χ2n) is 5.63. The van der Waals surface area contributed by atoms with Crippen LogP contribution in [0.2, 0.25) is 0 Å². The average molecular weight is 328 g/mol. The Morgan fingerprint density at radius 2 is 2.18 bits per heavy atom. The number of carbonyl (C=O) groups excluding carboxylic acids is 1. The van der Waals surface area contributed by atoms with Gasteiger partial charge in [0.15, 0.2) is 0 Å². The average Bonchev–Trinajstić information content (AvgIpc) is 3.00. The smallest absolute Gasteiger partial charge is 0.254 e. The molecule has 2 aliphatic heterocycles. The Kier molecular flexibility index (Phi) is 4.52. The van der Waals surface area contributed by atoms with Crippen LogP contribution < -0.4 is 4.74 Å². The molecule has 1 aromatic heterocycles. The van der Waals surface area contributed by atoms with Crippen molar-refractivity contribution in [2.75, 3.05) is 24.6 Å². The van der Waals surface area contributed by atoms with E-state index in [1.165, 1.54) is 11.1 Å². The lowest BCUT2D eigenvalue weighted by molar-refractivity contribution is -0.0494. The van der Waals surface area contributed by atoms with Gasteiger partial charge in [-0.2, -0.15) is 11.8 Å². The lowest BCUT2D eigenvalue weighted by atomic mass is 10.1. The van der Waals surface area contributed by atoms with Crippen LogP contribution in [0.25, 0.3) is 0 Å². The molecule has 2 fully saturated rings. The van der Waals surface area contributed by atoms with Gasteiger partial charge in [-0.05, 0) is 18.2 Å². The SMILES string of the molecule is O=C(c1ccnc(OC2CCSC2)c1)N1CCC(F)(F)CC1.